The largest absolute Gasteiger partial charge is 0.383 e. The molecule has 1 aliphatic heterocycles. The average molecular weight is 278 g/mol. The second-order valence-electron chi connectivity index (χ2n) is 6.23. The molecule has 1 fully saturated rings. The van der Waals surface area contributed by atoms with E-state index in [9.17, 15) is 0 Å². The van der Waals surface area contributed by atoms with Crippen molar-refractivity contribution in [2.75, 3.05) is 18.4 Å². The van der Waals surface area contributed by atoms with Gasteiger partial charge in [-0.1, -0.05) is 36.8 Å². The standard InChI is InChI=1S/C19H22N2/c1-2-7-18-14(5-1)11-15-12-16(8-9-19(15)18)21-13-17-6-3-4-10-20-17/h1-2,5,7-9,12,17,20-21H,3-4,6,10-11,13H2. The van der Waals surface area contributed by atoms with Gasteiger partial charge in [-0.15, -0.1) is 0 Å². The molecule has 1 atom stereocenters. The Bertz CT molecular complexity index is 642. The molecule has 0 bridgehead atoms. The van der Waals surface area contributed by atoms with Gasteiger partial charge >= 0.3 is 0 Å². The number of piperidine rings is 1. The first kappa shape index (κ1) is 12.9. The zero-order valence-electron chi connectivity index (χ0n) is 12.4. The van der Waals surface area contributed by atoms with E-state index in [0.29, 0.717) is 6.04 Å². The quantitative estimate of drug-likeness (QED) is 0.761. The van der Waals surface area contributed by atoms with Crippen LogP contribution >= 0.6 is 0 Å². The van der Waals surface area contributed by atoms with Gasteiger partial charge in [0.2, 0.25) is 0 Å². The smallest absolute Gasteiger partial charge is 0.0344 e. The van der Waals surface area contributed by atoms with Crippen LogP contribution < -0.4 is 10.6 Å². The summed E-state index contributed by atoms with van der Waals surface area (Å²) in [4.78, 5) is 0. The van der Waals surface area contributed by atoms with E-state index in [4.69, 9.17) is 0 Å². The van der Waals surface area contributed by atoms with Crippen LogP contribution in [0.15, 0.2) is 42.5 Å². The molecular formula is C19H22N2. The van der Waals surface area contributed by atoms with Gasteiger partial charge in [-0.25, -0.2) is 0 Å². The van der Waals surface area contributed by atoms with Crippen LogP contribution in [0, 0.1) is 0 Å². The Balaban J connectivity index is 1.48. The lowest BCUT2D eigenvalue weighted by molar-refractivity contribution is 0.414. The lowest BCUT2D eigenvalue weighted by Gasteiger charge is -2.24. The van der Waals surface area contributed by atoms with Crippen LogP contribution in [0.4, 0.5) is 5.69 Å². The molecule has 2 aromatic rings. The predicted molar refractivity (Wildman–Crippen MR) is 88.8 cm³/mol. The molecule has 0 radical (unpaired) electrons. The van der Waals surface area contributed by atoms with E-state index in [1.54, 1.807) is 0 Å². The molecule has 0 saturated carbocycles. The number of anilines is 1. The number of nitrogens with one attached hydrogen (secondary N) is 2. The van der Waals surface area contributed by atoms with E-state index in [1.807, 2.05) is 0 Å². The van der Waals surface area contributed by atoms with Gasteiger partial charge in [0.25, 0.3) is 0 Å². The highest BCUT2D eigenvalue weighted by Crippen LogP contribution is 2.37. The minimum atomic E-state index is 0.629. The molecule has 4 rings (SSSR count). The Labute approximate surface area is 126 Å². The second-order valence-corrected chi connectivity index (χ2v) is 6.23. The Morgan fingerprint density at radius 1 is 1.00 bits per heavy atom. The van der Waals surface area contributed by atoms with Gasteiger partial charge in [-0.05, 0) is 60.2 Å². The molecule has 2 aromatic carbocycles. The van der Waals surface area contributed by atoms with Crippen LogP contribution in [-0.4, -0.2) is 19.1 Å². The minimum absolute atomic E-state index is 0.629. The number of fused-ring (bicyclic) bond motifs is 3. The maximum Gasteiger partial charge on any atom is 0.0344 e. The molecule has 0 aromatic heterocycles. The van der Waals surface area contributed by atoms with Gasteiger partial charge in [-0.2, -0.15) is 0 Å². The van der Waals surface area contributed by atoms with Crippen molar-refractivity contribution in [2.24, 2.45) is 0 Å². The number of hydrogen-bond donors (Lipinski definition) is 2. The fourth-order valence-corrected chi connectivity index (χ4v) is 3.59. The molecule has 1 heterocycles. The highest BCUT2D eigenvalue weighted by atomic mass is 15.0. The Morgan fingerprint density at radius 2 is 1.90 bits per heavy atom. The average Bonchev–Trinajstić information content (AvgIpc) is 2.91. The third-order valence-corrected chi connectivity index (χ3v) is 4.76. The summed E-state index contributed by atoms with van der Waals surface area (Å²) in [5.74, 6) is 0. The maximum atomic E-state index is 3.61. The first-order valence-corrected chi connectivity index (χ1v) is 8.08. The lowest BCUT2D eigenvalue weighted by Crippen LogP contribution is -2.39. The SMILES string of the molecule is c1ccc2c(c1)Cc1cc(NCC3CCCCN3)ccc1-2. The van der Waals surface area contributed by atoms with Crippen LogP contribution in [-0.2, 0) is 6.42 Å². The first-order chi connectivity index (χ1) is 10.4. The summed E-state index contributed by atoms with van der Waals surface area (Å²) >= 11 is 0. The number of hydrogen-bond acceptors (Lipinski definition) is 2. The van der Waals surface area contributed by atoms with Crippen LogP contribution in [0.3, 0.4) is 0 Å². The molecule has 0 spiro atoms. The summed E-state index contributed by atoms with van der Waals surface area (Å²) < 4.78 is 0. The highest BCUT2D eigenvalue weighted by Gasteiger charge is 2.18. The molecule has 1 saturated heterocycles. The van der Waals surface area contributed by atoms with E-state index in [-0.39, 0.29) is 0 Å². The fourth-order valence-electron chi connectivity index (χ4n) is 3.59. The van der Waals surface area contributed by atoms with Crippen LogP contribution in [0.2, 0.25) is 0 Å². The third-order valence-electron chi connectivity index (χ3n) is 4.76. The van der Waals surface area contributed by atoms with Gasteiger partial charge in [0, 0.05) is 18.3 Å². The van der Waals surface area contributed by atoms with Crippen molar-refractivity contribution < 1.29 is 0 Å². The summed E-state index contributed by atoms with van der Waals surface area (Å²) in [7, 11) is 0. The van der Waals surface area contributed by atoms with E-state index in [0.717, 1.165) is 13.0 Å². The maximum absolute atomic E-state index is 3.61. The topological polar surface area (TPSA) is 24.1 Å². The van der Waals surface area contributed by atoms with Crippen molar-refractivity contribution in [3.05, 3.63) is 53.6 Å². The summed E-state index contributed by atoms with van der Waals surface area (Å²) in [6.07, 6.45) is 5.05. The molecule has 2 aliphatic rings. The molecule has 2 nitrogen and oxygen atoms in total. The van der Waals surface area contributed by atoms with Crippen molar-refractivity contribution >= 4 is 5.69 Å². The lowest BCUT2D eigenvalue weighted by atomic mass is 10.0. The molecule has 1 unspecified atom stereocenters. The minimum Gasteiger partial charge on any atom is -0.383 e. The zero-order valence-corrected chi connectivity index (χ0v) is 12.4. The summed E-state index contributed by atoms with van der Waals surface area (Å²) in [6.45, 7) is 2.21. The molecule has 0 amide bonds. The Hall–Kier alpha value is -1.80. The van der Waals surface area contributed by atoms with Gasteiger partial charge in [0.05, 0.1) is 0 Å². The van der Waals surface area contributed by atoms with Crippen molar-refractivity contribution in [3.8, 4) is 11.1 Å². The molecule has 2 N–H and O–H groups in total. The van der Waals surface area contributed by atoms with E-state index < -0.39 is 0 Å². The van der Waals surface area contributed by atoms with Crippen molar-refractivity contribution in [3.63, 3.8) is 0 Å². The monoisotopic (exact) mass is 278 g/mol. The van der Waals surface area contributed by atoms with Gasteiger partial charge in [0.1, 0.15) is 0 Å². The highest BCUT2D eigenvalue weighted by molar-refractivity contribution is 5.78. The number of rotatable bonds is 3. The Kier molecular flexibility index (Phi) is 3.40. The van der Waals surface area contributed by atoms with Crippen molar-refractivity contribution in [1.82, 2.24) is 5.32 Å². The van der Waals surface area contributed by atoms with E-state index in [2.05, 4.69) is 53.1 Å². The van der Waals surface area contributed by atoms with Gasteiger partial charge in [0.15, 0.2) is 0 Å². The number of benzene rings is 2. The van der Waals surface area contributed by atoms with Gasteiger partial charge in [-0.3, -0.25) is 0 Å². The summed E-state index contributed by atoms with van der Waals surface area (Å²) in [5, 5.41) is 7.20. The summed E-state index contributed by atoms with van der Waals surface area (Å²) in [5.41, 5.74) is 6.99. The van der Waals surface area contributed by atoms with E-state index >= 15 is 0 Å². The fraction of sp³-hybridized carbons (Fsp3) is 0.368. The molecule has 1 aliphatic carbocycles. The van der Waals surface area contributed by atoms with Crippen molar-refractivity contribution in [2.45, 2.75) is 31.7 Å². The second kappa shape index (κ2) is 5.53. The van der Waals surface area contributed by atoms with Crippen molar-refractivity contribution in [1.29, 1.82) is 0 Å². The zero-order chi connectivity index (χ0) is 14.1. The van der Waals surface area contributed by atoms with Gasteiger partial charge < -0.3 is 10.6 Å². The van der Waals surface area contributed by atoms with E-state index in [1.165, 1.54) is 53.7 Å². The molecule has 108 valence electrons. The van der Waals surface area contributed by atoms with Crippen LogP contribution in [0.25, 0.3) is 11.1 Å². The predicted octanol–water partition coefficient (Wildman–Crippen LogP) is 3.81. The third kappa shape index (κ3) is 2.56. The molecule has 2 heteroatoms. The van der Waals surface area contributed by atoms with Crippen LogP contribution in [0.5, 0.6) is 0 Å². The summed E-state index contributed by atoms with van der Waals surface area (Å²) in [6, 6.07) is 16.2. The Morgan fingerprint density at radius 3 is 2.81 bits per heavy atom. The normalized spacial score (nSPS) is 19.9. The van der Waals surface area contributed by atoms with Crippen LogP contribution in [0.1, 0.15) is 30.4 Å². The molecular weight excluding hydrogens is 256 g/mol. The first-order valence-electron chi connectivity index (χ1n) is 8.08. The molecule has 21 heavy (non-hydrogen) atoms.